The molecule has 7 aromatic carbocycles. The predicted octanol–water partition coefficient (Wildman–Crippen LogP) is 16.9. The number of halogens is 1. The number of nitrogens with zero attached hydrogens (tertiary/aromatic N) is 19. The quantitative estimate of drug-likeness (QED) is 0.0115. The molecule has 8 N–H and O–H groups in total. The number of ether oxygens (including phenoxy) is 6. The van der Waals surface area contributed by atoms with Gasteiger partial charge in [0.1, 0.15) is 40.6 Å². The van der Waals surface area contributed by atoms with Gasteiger partial charge in [0.2, 0.25) is 5.95 Å². The molecule has 4 saturated heterocycles. The largest absolute Gasteiger partial charge is 0.443 e. The molecule has 0 radical (unpaired) electrons. The van der Waals surface area contributed by atoms with Gasteiger partial charge in [0.15, 0.2) is 5.82 Å². The smallest absolute Gasteiger partial charge is 0.419 e. The molecule has 4 aliphatic rings. The number of nitrogens with one attached hydrogen (secondary N) is 6. The Bertz CT molecular complexity index is 6470. The van der Waals surface area contributed by atoms with Gasteiger partial charge in [-0.2, -0.15) is 10.1 Å². The lowest BCUT2D eigenvalue weighted by Gasteiger charge is -2.28. The molecule has 4 aliphatic heterocycles. The molecule has 0 saturated carbocycles. The van der Waals surface area contributed by atoms with Gasteiger partial charge in [-0.05, 0) is 113 Å². The number of hydrogen-bond acceptors (Lipinski definition) is 30. The number of nitro benzene ring substituents is 2. The van der Waals surface area contributed by atoms with Crippen LogP contribution in [0.1, 0.15) is 59.2 Å². The molecule has 15 aromatic rings. The normalized spacial score (nSPS) is 13.9. The topological polar surface area (TPSA) is 454 Å². The van der Waals surface area contributed by atoms with Crippen molar-refractivity contribution in [3.8, 4) is 78.9 Å². The molecule has 8 aromatic heterocycles. The van der Waals surface area contributed by atoms with Gasteiger partial charge in [-0.3, -0.25) is 34.7 Å². The third kappa shape index (κ3) is 28.2. The van der Waals surface area contributed by atoms with E-state index in [1.165, 1.54) is 63.2 Å². The maximum absolute atomic E-state index is 11.9. The lowest BCUT2D eigenvalue weighted by atomic mass is 10.0. The summed E-state index contributed by atoms with van der Waals surface area (Å²) in [6, 6.07) is 54.2. The highest BCUT2D eigenvalue weighted by molar-refractivity contribution is 6.29. The van der Waals surface area contributed by atoms with Crippen molar-refractivity contribution in [2.45, 2.75) is 65.6 Å². The van der Waals surface area contributed by atoms with E-state index in [1.54, 1.807) is 94.6 Å². The van der Waals surface area contributed by atoms with Crippen LogP contribution in [0.4, 0.5) is 55.6 Å². The number of H-pyrrole nitrogens is 3. The lowest BCUT2D eigenvalue weighted by Crippen LogP contribution is -2.37. The summed E-state index contributed by atoms with van der Waals surface area (Å²) in [5.41, 5.74) is 22.5. The molecule has 4 fully saturated rings. The number of aromatic nitrogens is 16. The summed E-state index contributed by atoms with van der Waals surface area (Å²) in [5.74, 6) is 2.83. The number of nitrogen functional groups attached to an aromatic ring is 1. The van der Waals surface area contributed by atoms with Crippen LogP contribution in [0.25, 0.3) is 89.8 Å². The molecule has 38 nitrogen and oxygen atoms in total. The standard InChI is InChI=1S/C31H35N9O2.C22H29ClN6O2.C14H15N3O4.C14H17N3O2.C9H7N3O2.C9H8N2/c1-38-29-18-23(4-7-25(29)26(37-38)8-9-39-10-14-41-15-11-39)27-19-30(36-31(35-27)40-12-16-42-17-13-40)34-24-5-2-22(3-6-24)28-20-32-21-33-28;1-25-19-14-16(2-3-17(19)18(24)4-5-28-6-10-30-11-7-28)22-26-20(23)15-21(27-22)29-8-12-31-13-9-29;1-14(2,3)21-13(18)16-8-12(15-9-16)10-4-6-11(7-5-10)17(19)20;1-14(2,3)19-13(18)17-8-12(16-9-17)10-4-6-11(15)7-5-10;13-12(14)8-3-1-7(2-4-8)9-5-10-6-11-9;1-2-4-8(5-3-1)9-6-10-7-11-9/h2-7,18-21H,8-17H2,1H3,(H,32,33)(H,34,35,36);2-3,14-15,24-25H,4-13H2,1H3;4-9H,1-3H3;4-9H,15H2,1-3H3;1-6H,(H,10,11);1-7H,(H,10,11). The Balaban J connectivity index is 0.000000140. The van der Waals surface area contributed by atoms with Crippen molar-refractivity contribution in [2.75, 3.05) is 152 Å². The number of imidazole rings is 5. The highest BCUT2D eigenvalue weighted by atomic mass is 35.5. The number of carbonyl (C=O) groups is 2. The lowest BCUT2D eigenvalue weighted by molar-refractivity contribution is -0.385. The Labute approximate surface area is 802 Å². The molecule has 12 heterocycles. The van der Waals surface area contributed by atoms with Crippen LogP contribution < -0.4 is 26.2 Å². The summed E-state index contributed by atoms with van der Waals surface area (Å²) in [6.07, 6.45) is 16.8. The van der Waals surface area contributed by atoms with Crippen molar-refractivity contribution in [2.24, 2.45) is 7.05 Å². The van der Waals surface area contributed by atoms with Gasteiger partial charge in [0.25, 0.3) is 11.4 Å². The minimum Gasteiger partial charge on any atom is -0.443 e. The summed E-state index contributed by atoms with van der Waals surface area (Å²) < 4.78 is 37.0. The average molecular weight is 1890 g/mol. The van der Waals surface area contributed by atoms with Crippen LogP contribution in [0.15, 0.2) is 239 Å². The highest BCUT2D eigenvalue weighted by Crippen LogP contribution is 2.34. The molecule has 39 heteroatoms. The van der Waals surface area contributed by atoms with Gasteiger partial charge in [-0.25, -0.2) is 58.6 Å². The second kappa shape index (κ2) is 47.2. The van der Waals surface area contributed by atoms with E-state index in [2.05, 4.69) is 105 Å². The molecule has 0 atom stereocenters. The van der Waals surface area contributed by atoms with Crippen LogP contribution in [-0.4, -0.2) is 253 Å². The SMILES string of the molecule is CC(C)(C)OC(=O)n1cnc(-c2ccc(N)cc2)c1.CC(C)(C)OC(=O)n1cnc(-c2ccc([N+](=O)[O-])cc2)c1.CNc1cc(-c2nc(Cl)cc(N3CCOCC3)n2)ccc1C(=N)CCN1CCOCC1.Cn1nc(CCN2CCOCC2)c2ccc(-c3cc(Nc4ccc(-c5cnc[nH]5)cc4)nc(N4CCOCC4)n3)cc21.O=[N+]([O-])c1ccc(-c2cnc[nH]2)cc1.c1ccc(-c2cnc[nH]2)cc1. The van der Waals surface area contributed by atoms with Gasteiger partial charge in [0, 0.05) is 203 Å². The van der Waals surface area contributed by atoms with Crippen LogP contribution in [0, 0.1) is 25.6 Å². The first-order valence-electron chi connectivity index (χ1n) is 45.0. The molecule has 19 rings (SSSR count). The predicted molar refractivity (Wildman–Crippen MR) is 531 cm³/mol. The zero-order chi connectivity index (χ0) is 97.1. The first-order valence-corrected chi connectivity index (χ1v) is 45.4. The van der Waals surface area contributed by atoms with Crippen LogP contribution in [0.5, 0.6) is 0 Å². The number of aryl methyl sites for hydroxylation is 1. The Kier molecular flexibility index (Phi) is 33.8. The van der Waals surface area contributed by atoms with E-state index >= 15 is 0 Å². The molecule has 138 heavy (non-hydrogen) atoms. The zero-order valence-corrected chi connectivity index (χ0v) is 78.8. The summed E-state index contributed by atoms with van der Waals surface area (Å²) in [6.45, 7) is 25.4. The second-order valence-electron chi connectivity index (χ2n) is 34.2. The van der Waals surface area contributed by atoms with E-state index in [1.807, 2.05) is 131 Å². The maximum Gasteiger partial charge on any atom is 0.419 e. The molecule has 0 bridgehead atoms. The van der Waals surface area contributed by atoms with E-state index < -0.39 is 33.2 Å². The number of fused-ring (bicyclic) bond motifs is 1. The minimum atomic E-state index is -0.588. The first kappa shape index (κ1) is 98.7. The number of carbonyl (C=O) groups excluding carboxylic acids is 2. The van der Waals surface area contributed by atoms with Crippen LogP contribution in [-0.2, 0) is 41.9 Å². The summed E-state index contributed by atoms with van der Waals surface area (Å²) >= 11 is 6.32. The molecular formula is C99H111ClN26O12. The zero-order valence-electron chi connectivity index (χ0n) is 78.0. The number of rotatable bonds is 21. The van der Waals surface area contributed by atoms with E-state index in [9.17, 15) is 29.8 Å². The average Bonchev–Trinajstić information content (AvgIpc) is 1.60. The van der Waals surface area contributed by atoms with E-state index in [-0.39, 0.29) is 11.4 Å². The third-order valence-electron chi connectivity index (χ3n) is 22.1. The fraction of sp³-hybridized carbons (Fsp3) is 0.303. The Hall–Kier alpha value is -15.3. The van der Waals surface area contributed by atoms with Crippen LogP contribution in [0.3, 0.4) is 0 Å². The van der Waals surface area contributed by atoms with Crippen LogP contribution >= 0.6 is 11.6 Å². The number of benzene rings is 7. The van der Waals surface area contributed by atoms with Gasteiger partial charge in [-0.15, -0.1) is 0 Å². The maximum atomic E-state index is 11.9. The molecule has 0 spiro atoms. The monoisotopic (exact) mass is 1890 g/mol. The number of non-ortho nitro benzene ring substituents is 2. The third-order valence-corrected chi connectivity index (χ3v) is 22.3. The van der Waals surface area contributed by atoms with Gasteiger partial charge >= 0.3 is 12.2 Å². The van der Waals surface area contributed by atoms with Crippen molar-refractivity contribution >= 4 is 86.4 Å². The number of morpholine rings is 4. The number of nitrogens with two attached hydrogens (primary N) is 1. The van der Waals surface area contributed by atoms with E-state index in [0.29, 0.717) is 78.1 Å². The van der Waals surface area contributed by atoms with Crippen molar-refractivity contribution in [1.29, 1.82) is 5.41 Å². The highest BCUT2D eigenvalue weighted by Gasteiger charge is 2.25. The molecule has 0 aliphatic carbocycles. The Morgan fingerprint density at radius 3 is 1.50 bits per heavy atom. The Morgan fingerprint density at radius 2 is 1.00 bits per heavy atom. The van der Waals surface area contributed by atoms with Crippen molar-refractivity contribution < 1.29 is 47.9 Å². The summed E-state index contributed by atoms with van der Waals surface area (Å²) in [7, 11) is 3.89. The minimum absolute atomic E-state index is 0.00493. The van der Waals surface area contributed by atoms with E-state index in [4.69, 9.17) is 71.2 Å². The van der Waals surface area contributed by atoms with E-state index in [0.717, 1.165) is 189 Å². The van der Waals surface area contributed by atoms with Crippen molar-refractivity contribution in [3.63, 3.8) is 0 Å². The van der Waals surface area contributed by atoms with Crippen molar-refractivity contribution in [1.82, 2.24) is 88.5 Å². The van der Waals surface area contributed by atoms with Gasteiger partial charge in [-0.1, -0.05) is 90.5 Å². The molecule has 0 amide bonds. The second-order valence-corrected chi connectivity index (χ2v) is 34.6. The number of aromatic amines is 3. The van der Waals surface area contributed by atoms with Crippen molar-refractivity contribution in [3.05, 3.63) is 275 Å². The molecule has 0 unspecified atom stereocenters. The number of anilines is 6. The number of hydrogen-bond donors (Lipinski definition) is 7. The Morgan fingerprint density at radius 1 is 0.529 bits per heavy atom. The fourth-order valence-electron chi connectivity index (χ4n) is 14.9. The molecule has 716 valence electrons. The van der Waals surface area contributed by atoms with Gasteiger partial charge in [0.05, 0.1) is 146 Å². The van der Waals surface area contributed by atoms with Crippen LogP contribution in [0.2, 0.25) is 5.15 Å². The summed E-state index contributed by atoms with van der Waals surface area (Å²) in [5, 5.41) is 42.8. The molecular weight excluding hydrogens is 1780 g/mol. The van der Waals surface area contributed by atoms with Gasteiger partial charge < -0.3 is 74.9 Å². The number of nitro groups is 2. The summed E-state index contributed by atoms with van der Waals surface area (Å²) in [4.78, 5) is 101. The first-order chi connectivity index (χ1) is 66.7. The fourth-order valence-corrected chi connectivity index (χ4v) is 15.0.